The number of rotatable bonds is 2. The molecule has 0 fully saturated rings. The summed E-state index contributed by atoms with van der Waals surface area (Å²) in [5, 5.41) is 13.4. The van der Waals surface area contributed by atoms with Crippen LogP contribution in [-0.2, 0) is 0 Å². The molecule has 0 bridgehead atoms. The summed E-state index contributed by atoms with van der Waals surface area (Å²) in [5.41, 5.74) is 9.57. The highest BCUT2D eigenvalue weighted by Crippen LogP contribution is 2.21. The molecule has 0 radical (unpaired) electrons. The van der Waals surface area contributed by atoms with E-state index in [9.17, 15) is 4.79 Å². The van der Waals surface area contributed by atoms with Gasteiger partial charge in [0.1, 0.15) is 5.56 Å². The van der Waals surface area contributed by atoms with E-state index in [2.05, 4.69) is 5.10 Å². The van der Waals surface area contributed by atoms with Crippen LogP contribution in [0.2, 0.25) is 0 Å². The lowest BCUT2D eigenvalue weighted by Crippen LogP contribution is -2.04. The second-order valence-corrected chi connectivity index (χ2v) is 4.31. The van der Waals surface area contributed by atoms with Crippen LogP contribution in [0.5, 0.6) is 0 Å². The maximum atomic E-state index is 11.2. The van der Waals surface area contributed by atoms with Gasteiger partial charge in [-0.15, -0.1) is 0 Å². The van der Waals surface area contributed by atoms with E-state index in [4.69, 9.17) is 10.8 Å². The molecule has 0 atom stereocenters. The highest BCUT2D eigenvalue weighted by atomic mass is 16.4. The fraction of sp³-hybridized carbons (Fsp3) is 0.231. The number of anilines is 1. The van der Waals surface area contributed by atoms with E-state index in [0.717, 1.165) is 11.3 Å². The van der Waals surface area contributed by atoms with E-state index in [-0.39, 0.29) is 5.56 Å². The Labute approximate surface area is 105 Å². The van der Waals surface area contributed by atoms with Gasteiger partial charge in [-0.25, -0.2) is 9.48 Å². The Morgan fingerprint density at radius 1 is 1.33 bits per heavy atom. The van der Waals surface area contributed by atoms with Crippen LogP contribution in [0.4, 0.5) is 5.69 Å². The molecule has 0 spiro atoms. The van der Waals surface area contributed by atoms with Crippen molar-refractivity contribution < 1.29 is 9.90 Å². The minimum absolute atomic E-state index is 0.256. The molecule has 3 N–H and O–H groups in total. The monoisotopic (exact) mass is 245 g/mol. The molecule has 94 valence electrons. The molecule has 5 nitrogen and oxygen atoms in total. The maximum Gasteiger partial charge on any atom is 0.339 e. The molecule has 0 saturated carbocycles. The lowest BCUT2D eigenvalue weighted by molar-refractivity contribution is 0.0695. The van der Waals surface area contributed by atoms with Gasteiger partial charge in [-0.2, -0.15) is 5.10 Å². The standard InChI is InChI=1S/C13H15N3O2/c1-7-6-10(14)4-5-11(7)16-9(3)12(13(17)18)8(2)15-16/h4-6H,14H2,1-3H3,(H,17,18). The number of aromatic nitrogens is 2. The normalized spacial score (nSPS) is 10.6. The van der Waals surface area contributed by atoms with Gasteiger partial charge in [0, 0.05) is 5.69 Å². The topological polar surface area (TPSA) is 81.1 Å². The molecular formula is C13H15N3O2. The van der Waals surface area contributed by atoms with E-state index in [0.29, 0.717) is 17.1 Å². The third-order valence-corrected chi connectivity index (χ3v) is 2.95. The predicted octanol–water partition coefficient (Wildman–Crippen LogP) is 2.08. The van der Waals surface area contributed by atoms with Crippen molar-refractivity contribution in [3.8, 4) is 5.69 Å². The fourth-order valence-corrected chi connectivity index (χ4v) is 2.10. The number of nitrogens with two attached hydrogens (primary N) is 1. The summed E-state index contributed by atoms with van der Waals surface area (Å²) in [6.45, 7) is 5.36. The van der Waals surface area contributed by atoms with Gasteiger partial charge in [-0.3, -0.25) is 0 Å². The summed E-state index contributed by atoms with van der Waals surface area (Å²) < 4.78 is 1.65. The van der Waals surface area contributed by atoms with Crippen molar-refractivity contribution in [2.75, 3.05) is 5.73 Å². The molecule has 0 aliphatic rings. The average molecular weight is 245 g/mol. The first kappa shape index (κ1) is 12.2. The smallest absolute Gasteiger partial charge is 0.339 e. The van der Waals surface area contributed by atoms with Gasteiger partial charge in [0.05, 0.1) is 17.1 Å². The summed E-state index contributed by atoms with van der Waals surface area (Å²) in [4.78, 5) is 11.2. The van der Waals surface area contributed by atoms with Crippen LogP contribution in [-0.4, -0.2) is 20.9 Å². The summed E-state index contributed by atoms with van der Waals surface area (Å²) in [7, 11) is 0. The molecule has 1 aromatic carbocycles. The molecule has 5 heteroatoms. The number of hydrogen-bond acceptors (Lipinski definition) is 3. The number of nitrogens with zero attached hydrogens (tertiary/aromatic N) is 2. The lowest BCUT2D eigenvalue weighted by atomic mass is 10.1. The van der Waals surface area contributed by atoms with Crippen molar-refractivity contribution in [1.29, 1.82) is 0 Å². The minimum atomic E-state index is -0.954. The summed E-state index contributed by atoms with van der Waals surface area (Å²) in [6, 6.07) is 5.46. The zero-order valence-electron chi connectivity index (χ0n) is 10.6. The van der Waals surface area contributed by atoms with E-state index < -0.39 is 5.97 Å². The summed E-state index contributed by atoms with van der Waals surface area (Å²) >= 11 is 0. The van der Waals surface area contributed by atoms with E-state index >= 15 is 0 Å². The van der Waals surface area contributed by atoms with Gasteiger partial charge >= 0.3 is 5.97 Å². The number of carbonyl (C=O) groups is 1. The molecule has 2 aromatic rings. The number of carboxylic acid groups (broad SMARTS) is 1. The number of benzene rings is 1. The SMILES string of the molecule is Cc1cc(N)ccc1-n1nc(C)c(C(=O)O)c1C. The van der Waals surface area contributed by atoms with E-state index in [1.54, 1.807) is 24.6 Å². The molecule has 0 aliphatic heterocycles. The first-order valence-corrected chi connectivity index (χ1v) is 5.58. The van der Waals surface area contributed by atoms with Crippen molar-refractivity contribution in [3.05, 3.63) is 40.7 Å². The molecule has 0 aliphatic carbocycles. The third kappa shape index (κ3) is 1.84. The quantitative estimate of drug-likeness (QED) is 0.794. The van der Waals surface area contributed by atoms with E-state index in [1.807, 2.05) is 19.1 Å². The van der Waals surface area contributed by atoms with Crippen molar-refractivity contribution in [1.82, 2.24) is 9.78 Å². The van der Waals surface area contributed by atoms with Crippen LogP contribution in [0, 0.1) is 20.8 Å². The minimum Gasteiger partial charge on any atom is -0.478 e. The van der Waals surface area contributed by atoms with Crippen LogP contribution in [0.15, 0.2) is 18.2 Å². The Kier molecular flexibility index (Phi) is 2.82. The van der Waals surface area contributed by atoms with Gasteiger partial charge in [-0.05, 0) is 44.5 Å². The van der Waals surface area contributed by atoms with Crippen LogP contribution in [0.3, 0.4) is 0 Å². The van der Waals surface area contributed by atoms with Crippen LogP contribution in [0.25, 0.3) is 5.69 Å². The fourth-order valence-electron chi connectivity index (χ4n) is 2.10. The van der Waals surface area contributed by atoms with Crippen LogP contribution in [0.1, 0.15) is 27.3 Å². The predicted molar refractivity (Wildman–Crippen MR) is 69.1 cm³/mol. The van der Waals surface area contributed by atoms with Crippen molar-refractivity contribution in [3.63, 3.8) is 0 Å². The largest absolute Gasteiger partial charge is 0.478 e. The Balaban J connectivity index is 2.65. The molecule has 2 rings (SSSR count). The molecule has 1 aromatic heterocycles. The second kappa shape index (κ2) is 4.18. The van der Waals surface area contributed by atoms with Crippen molar-refractivity contribution >= 4 is 11.7 Å². The Hall–Kier alpha value is -2.30. The van der Waals surface area contributed by atoms with Gasteiger partial charge < -0.3 is 10.8 Å². The van der Waals surface area contributed by atoms with Gasteiger partial charge in [0.25, 0.3) is 0 Å². The Morgan fingerprint density at radius 3 is 2.50 bits per heavy atom. The van der Waals surface area contributed by atoms with Crippen molar-refractivity contribution in [2.24, 2.45) is 0 Å². The van der Waals surface area contributed by atoms with Crippen molar-refractivity contribution in [2.45, 2.75) is 20.8 Å². The van der Waals surface area contributed by atoms with Gasteiger partial charge in [0.2, 0.25) is 0 Å². The zero-order valence-corrected chi connectivity index (χ0v) is 10.6. The molecule has 18 heavy (non-hydrogen) atoms. The average Bonchev–Trinajstić information content (AvgIpc) is 2.54. The molecule has 0 unspecified atom stereocenters. The number of carboxylic acids is 1. The maximum absolute atomic E-state index is 11.2. The Bertz CT molecular complexity index is 629. The van der Waals surface area contributed by atoms with Crippen LogP contribution >= 0.6 is 0 Å². The number of aromatic carboxylic acids is 1. The molecule has 0 saturated heterocycles. The third-order valence-electron chi connectivity index (χ3n) is 2.95. The Morgan fingerprint density at radius 2 is 2.00 bits per heavy atom. The highest BCUT2D eigenvalue weighted by Gasteiger charge is 2.19. The summed E-state index contributed by atoms with van der Waals surface area (Å²) in [6.07, 6.45) is 0. The molecule has 1 heterocycles. The van der Waals surface area contributed by atoms with Gasteiger partial charge in [-0.1, -0.05) is 0 Å². The van der Waals surface area contributed by atoms with E-state index in [1.165, 1.54) is 0 Å². The van der Waals surface area contributed by atoms with Gasteiger partial charge in [0.15, 0.2) is 0 Å². The summed E-state index contributed by atoms with van der Waals surface area (Å²) in [5.74, 6) is -0.954. The number of nitrogen functional groups attached to an aromatic ring is 1. The zero-order chi connectivity index (χ0) is 13.4. The number of hydrogen-bond donors (Lipinski definition) is 2. The lowest BCUT2D eigenvalue weighted by Gasteiger charge is -2.08. The van der Waals surface area contributed by atoms with Crippen LogP contribution < -0.4 is 5.73 Å². The highest BCUT2D eigenvalue weighted by molar-refractivity contribution is 5.90. The first-order valence-electron chi connectivity index (χ1n) is 5.58. The molecular weight excluding hydrogens is 230 g/mol. The number of aryl methyl sites for hydroxylation is 2. The second-order valence-electron chi connectivity index (χ2n) is 4.31. The molecule has 0 amide bonds. The first-order chi connectivity index (χ1) is 8.41.